The van der Waals surface area contributed by atoms with Gasteiger partial charge in [-0.3, -0.25) is 0 Å². The molecule has 0 bridgehead atoms. The number of hydrogen-bond donors (Lipinski definition) is 0. The Bertz CT molecular complexity index is 96.3. The van der Waals surface area contributed by atoms with E-state index in [0.717, 1.165) is 6.54 Å². The normalized spacial score (nSPS) is 11.5. The van der Waals surface area contributed by atoms with Gasteiger partial charge >= 0.3 is 0 Å². The minimum Gasteiger partial charge on any atom is -0.107 e. The summed E-state index contributed by atoms with van der Waals surface area (Å²) in [6, 6.07) is 0. The Balaban J connectivity index is 3.72. The Labute approximate surface area is 83.9 Å². The lowest BCUT2D eigenvalue weighted by Crippen LogP contribution is -2.45. The van der Waals surface area contributed by atoms with Crippen LogP contribution in [0.25, 0.3) is 0 Å². The van der Waals surface area contributed by atoms with E-state index in [4.69, 9.17) is 0 Å². The number of hydrogen-bond acceptors (Lipinski definition) is 2. The lowest BCUT2D eigenvalue weighted by molar-refractivity contribution is 0.0901. The van der Waals surface area contributed by atoms with Gasteiger partial charge in [0.15, 0.2) is 0 Å². The fourth-order valence-corrected chi connectivity index (χ4v) is 1.33. The predicted octanol–water partition coefficient (Wildman–Crippen LogP) is 2.59. The van der Waals surface area contributed by atoms with E-state index in [1.807, 2.05) is 0 Å². The first-order valence-electron chi connectivity index (χ1n) is 5.72. The number of nitrogens with zero attached hydrogens (tertiary/aromatic N) is 2. The molecule has 0 atom stereocenters. The van der Waals surface area contributed by atoms with Gasteiger partial charge in [-0.1, -0.05) is 31.7 Å². The standard InChI is InChI=1S/C11H26N2/c1-5-8-10-13(11-9-6-2)12(4)7-3/h5-11H2,1-4H3/q+1. The summed E-state index contributed by atoms with van der Waals surface area (Å²) in [5.74, 6) is 0. The van der Waals surface area contributed by atoms with Crippen LogP contribution in [0.15, 0.2) is 0 Å². The second-order valence-corrected chi connectivity index (χ2v) is 3.63. The van der Waals surface area contributed by atoms with Gasteiger partial charge in [0.25, 0.3) is 0 Å². The van der Waals surface area contributed by atoms with Crippen LogP contribution in [0.3, 0.4) is 0 Å². The first kappa shape index (κ1) is 12.9. The zero-order chi connectivity index (χ0) is 10.1. The molecule has 0 heterocycles. The van der Waals surface area contributed by atoms with Crippen molar-refractivity contribution in [3.8, 4) is 0 Å². The SMILES string of the molecule is CCCCN(CCCC)[N+](C)CC. The van der Waals surface area contributed by atoms with Gasteiger partial charge in [0.05, 0.1) is 13.1 Å². The second kappa shape index (κ2) is 8.52. The van der Waals surface area contributed by atoms with Crippen molar-refractivity contribution in [1.29, 1.82) is 0 Å². The minimum atomic E-state index is 1.12. The zero-order valence-corrected chi connectivity index (χ0v) is 9.84. The largest absolute Gasteiger partial charge is 0.141 e. The van der Waals surface area contributed by atoms with Gasteiger partial charge in [-0.05, 0) is 19.8 Å². The van der Waals surface area contributed by atoms with Crippen LogP contribution >= 0.6 is 0 Å². The van der Waals surface area contributed by atoms with Gasteiger partial charge in [0, 0.05) is 0 Å². The van der Waals surface area contributed by atoms with Gasteiger partial charge in [-0.15, -0.1) is 5.01 Å². The fraction of sp³-hybridized carbons (Fsp3) is 1.00. The Hall–Kier alpha value is -0.0800. The van der Waals surface area contributed by atoms with Crippen LogP contribution in [0.4, 0.5) is 0 Å². The molecule has 2 nitrogen and oxygen atoms in total. The number of hydrazine groups is 1. The van der Waals surface area contributed by atoms with Crippen LogP contribution in [0.5, 0.6) is 0 Å². The number of unbranched alkanes of at least 4 members (excludes halogenated alkanes) is 2. The van der Waals surface area contributed by atoms with Crippen molar-refractivity contribution in [2.24, 2.45) is 0 Å². The molecule has 13 heavy (non-hydrogen) atoms. The molecule has 0 aromatic heterocycles. The van der Waals surface area contributed by atoms with E-state index in [0.29, 0.717) is 0 Å². The van der Waals surface area contributed by atoms with Crippen LogP contribution in [0.1, 0.15) is 46.5 Å². The van der Waals surface area contributed by atoms with Crippen molar-refractivity contribution in [3.63, 3.8) is 0 Å². The van der Waals surface area contributed by atoms with Gasteiger partial charge in [-0.25, -0.2) is 0 Å². The first-order valence-corrected chi connectivity index (χ1v) is 5.72. The molecule has 0 aliphatic heterocycles. The fourth-order valence-electron chi connectivity index (χ4n) is 1.33. The molecule has 0 aliphatic carbocycles. The summed E-state index contributed by atoms with van der Waals surface area (Å²) >= 11 is 0. The molecule has 1 radical (unpaired) electrons. The Kier molecular flexibility index (Phi) is 8.46. The summed E-state index contributed by atoms with van der Waals surface area (Å²) in [7, 11) is 2.19. The van der Waals surface area contributed by atoms with E-state index in [-0.39, 0.29) is 0 Å². The van der Waals surface area contributed by atoms with Crippen molar-refractivity contribution in [3.05, 3.63) is 0 Å². The lowest BCUT2D eigenvalue weighted by atomic mass is 10.3. The highest BCUT2D eigenvalue weighted by atomic mass is 15.6. The summed E-state index contributed by atoms with van der Waals surface area (Å²) in [5, 5.41) is 4.82. The van der Waals surface area contributed by atoms with Crippen LogP contribution < -0.4 is 5.01 Å². The highest BCUT2D eigenvalue weighted by Gasteiger charge is 2.16. The molecule has 0 aliphatic rings. The minimum absolute atomic E-state index is 1.12. The van der Waals surface area contributed by atoms with Crippen LogP contribution in [-0.4, -0.2) is 31.7 Å². The van der Waals surface area contributed by atoms with E-state index in [1.54, 1.807) is 0 Å². The molecule has 0 aromatic carbocycles. The van der Waals surface area contributed by atoms with Gasteiger partial charge in [-0.2, -0.15) is 0 Å². The Morgan fingerprint density at radius 2 is 1.38 bits per heavy atom. The van der Waals surface area contributed by atoms with E-state index in [1.165, 1.54) is 38.8 Å². The van der Waals surface area contributed by atoms with Crippen molar-refractivity contribution >= 4 is 0 Å². The van der Waals surface area contributed by atoms with Gasteiger partial charge in [0.2, 0.25) is 0 Å². The third-order valence-electron chi connectivity index (χ3n) is 2.48. The lowest BCUT2D eigenvalue weighted by Gasteiger charge is -2.20. The second-order valence-electron chi connectivity index (χ2n) is 3.63. The zero-order valence-electron chi connectivity index (χ0n) is 9.84. The van der Waals surface area contributed by atoms with Gasteiger partial charge < -0.3 is 0 Å². The van der Waals surface area contributed by atoms with Gasteiger partial charge in [0.1, 0.15) is 13.6 Å². The third kappa shape index (κ3) is 6.05. The molecule has 0 fully saturated rings. The van der Waals surface area contributed by atoms with E-state index in [2.05, 4.69) is 37.8 Å². The summed E-state index contributed by atoms with van der Waals surface area (Å²) in [4.78, 5) is 0. The molecule has 0 unspecified atom stereocenters. The molecule has 0 N–H and O–H groups in total. The van der Waals surface area contributed by atoms with E-state index >= 15 is 0 Å². The summed E-state index contributed by atoms with van der Waals surface area (Å²) < 4.78 is 0. The van der Waals surface area contributed by atoms with Crippen molar-refractivity contribution in [1.82, 2.24) is 10.0 Å². The molecule has 2 heteroatoms. The highest BCUT2D eigenvalue weighted by molar-refractivity contribution is 4.57. The van der Waals surface area contributed by atoms with Crippen LogP contribution in [-0.2, 0) is 0 Å². The van der Waals surface area contributed by atoms with Crippen LogP contribution in [0, 0.1) is 0 Å². The molecular weight excluding hydrogens is 160 g/mol. The molecule has 0 saturated heterocycles. The Morgan fingerprint density at radius 1 is 0.923 bits per heavy atom. The summed E-state index contributed by atoms with van der Waals surface area (Å²) in [5.41, 5.74) is 0. The van der Waals surface area contributed by atoms with Crippen molar-refractivity contribution in [2.75, 3.05) is 26.7 Å². The van der Waals surface area contributed by atoms with Crippen molar-refractivity contribution in [2.45, 2.75) is 46.5 Å². The highest BCUT2D eigenvalue weighted by Crippen LogP contribution is 1.99. The van der Waals surface area contributed by atoms with E-state index < -0.39 is 0 Å². The maximum atomic E-state index is 2.48. The predicted molar refractivity (Wildman–Crippen MR) is 60.0 cm³/mol. The third-order valence-corrected chi connectivity index (χ3v) is 2.48. The summed E-state index contributed by atoms with van der Waals surface area (Å²) in [6.45, 7) is 10.3. The quantitative estimate of drug-likeness (QED) is 0.418. The molecule has 0 spiro atoms. The monoisotopic (exact) mass is 186 g/mol. The number of rotatable bonds is 8. The average Bonchev–Trinajstić information content (AvgIpc) is 2.17. The molecule has 0 amide bonds. The molecule has 79 valence electrons. The van der Waals surface area contributed by atoms with E-state index in [9.17, 15) is 0 Å². The average molecular weight is 186 g/mol. The molecule has 0 aromatic rings. The smallest absolute Gasteiger partial charge is 0.107 e. The topological polar surface area (TPSA) is 9.14 Å². The van der Waals surface area contributed by atoms with Crippen LogP contribution in [0.2, 0.25) is 0 Å². The molecule has 0 saturated carbocycles. The Morgan fingerprint density at radius 3 is 1.69 bits per heavy atom. The maximum absolute atomic E-state index is 2.48. The molecule has 0 rings (SSSR count). The summed E-state index contributed by atoms with van der Waals surface area (Å²) in [6.07, 6.45) is 5.21. The first-order chi connectivity index (χ1) is 6.26. The maximum Gasteiger partial charge on any atom is 0.141 e. The van der Waals surface area contributed by atoms with Crippen molar-refractivity contribution < 1.29 is 0 Å². The molecular formula is C11H26N2+.